The average Bonchev–Trinajstić information content (AvgIpc) is 3.04. The molecule has 8 heteroatoms. The topological polar surface area (TPSA) is 73.2 Å². The summed E-state index contributed by atoms with van der Waals surface area (Å²) in [5.41, 5.74) is 2.45. The average molecular weight is 361 g/mol. The van der Waals surface area contributed by atoms with E-state index in [0.717, 1.165) is 16.9 Å². The number of carbonyl (C=O) groups is 1. The molecule has 0 fully saturated rings. The Balaban J connectivity index is 2.25. The van der Waals surface area contributed by atoms with Crippen LogP contribution in [0.4, 0.5) is 15.9 Å². The number of pyridine rings is 1. The van der Waals surface area contributed by atoms with Gasteiger partial charge in [-0.25, -0.2) is 14.2 Å². The lowest BCUT2D eigenvalue weighted by Gasteiger charge is -2.16. The Morgan fingerprint density at radius 3 is 2.88 bits per heavy atom. The van der Waals surface area contributed by atoms with Gasteiger partial charge >= 0.3 is 5.97 Å². The molecule has 0 aliphatic heterocycles. The van der Waals surface area contributed by atoms with E-state index >= 15 is 0 Å². The maximum Gasteiger partial charge on any atom is 0.344 e. The summed E-state index contributed by atoms with van der Waals surface area (Å²) in [7, 11) is 1.51. The molecule has 3 rings (SSSR count). The van der Waals surface area contributed by atoms with Crippen LogP contribution in [0.3, 0.4) is 0 Å². The lowest BCUT2D eigenvalue weighted by Crippen LogP contribution is -2.23. The minimum absolute atomic E-state index is 0.111. The summed E-state index contributed by atoms with van der Waals surface area (Å²) in [6.45, 7) is 3.63. The van der Waals surface area contributed by atoms with Crippen molar-refractivity contribution in [1.82, 2.24) is 9.55 Å². The number of carbonyl (C=O) groups excluding carboxylic acids is 1. The number of thiazole rings is 1. The van der Waals surface area contributed by atoms with E-state index in [-0.39, 0.29) is 34.8 Å². The highest BCUT2D eigenvalue weighted by Crippen LogP contribution is 2.29. The largest absolute Gasteiger partial charge is 0.462 e. The van der Waals surface area contributed by atoms with Gasteiger partial charge in [0.25, 0.3) is 5.56 Å². The Morgan fingerprint density at radius 1 is 1.44 bits per heavy atom. The molecule has 0 aliphatic rings. The molecule has 130 valence electrons. The van der Waals surface area contributed by atoms with Gasteiger partial charge in [0.1, 0.15) is 27.4 Å². The molecule has 0 aliphatic carbocycles. The van der Waals surface area contributed by atoms with Crippen molar-refractivity contribution in [3.05, 3.63) is 51.0 Å². The number of hydrogen-bond donors (Lipinski definition) is 1. The molecule has 0 saturated carbocycles. The lowest BCUT2D eigenvalue weighted by molar-refractivity contribution is 0.0529. The van der Waals surface area contributed by atoms with Crippen LogP contribution in [0.1, 0.15) is 22.8 Å². The van der Waals surface area contributed by atoms with Crippen LogP contribution < -0.4 is 10.9 Å². The van der Waals surface area contributed by atoms with Gasteiger partial charge in [-0.3, -0.25) is 9.36 Å². The molecule has 1 aromatic carbocycles. The molecule has 0 spiro atoms. The number of fused-ring (bicyclic) bond motifs is 1. The molecule has 3 aromatic rings. The van der Waals surface area contributed by atoms with Gasteiger partial charge in [0, 0.05) is 7.05 Å². The van der Waals surface area contributed by atoms with Crippen LogP contribution in [0.25, 0.3) is 10.2 Å². The van der Waals surface area contributed by atoms with Crippen molar-refractivity contribution in [2.75, 3.05) is 11.9 Å². The summed E-state index contributed by atoms with van der Waals surface area (Å²) in [5, 5.41) is 2.85. The molecule has 0 unspecified atom stereocenters. The molecule has 0 amide bonds. The van der Waals surface area contributed by atoms with Crippen LogP contribution in [0.15, 0.2) is 28.5 Å². The molecular formula is C17H16FN3O3S. The Labute approximate surface area is 146 Å². The zero-order valence-electron chi connectivity index (χ0n) is 13.9. The van der Waals surface area contributed by atoms with Gasteiger partial charge in [0.15, 0.2) is 0 Å². The molecule has 0 saturated heterocycles. The van der Waals surface area contributed by atoms with E-state index in [2.05, 4.69) is 10.3 Å². The number of esters is 1. The van der Waals surface area contributed by atoms with E-state index < -0.39 is 11.8 Å². The zero-order valence-corrected chi connectivity index (χ0v) is 14.7. The number of nitrogens with zero attached hydrogens (tertiary/aromatic N) is 2. The summed E-state index contributed by atoms with van der Waals surface area (Å²) < 4.78 is 20.9. The van der Waals surface area contributed by atoms with Gasteiger partial charge in [-0.2, -0.15) is 0 Å². The molecular weight excluding hydrogens is 345 g/mol. The third-order valence-corrected chi connectivity index (χ3v) is 4.55. The van der Waals surface area contributed by atoms with Crippen LogP contribution in [-0.2, 0) is 11.8 Å². The summed E-state index contributed by atoms with van der Waals surface area (Å²) in [6, 6.07) is 4.65. The number of halogens is 1. The first-order chi connectivity index (χ1) is 11.9. The molecule has 0 radical (unpaired) electrons. The van der Waals surface area contributed by atoms with Crippen LogP contribution >= 0.6 is 11.3 Å². The number of aryl methyl sites for hydroxylation is 1. The van der Waals surface area contributed by atoms with Crippen LogP contribution in [-0.4, -0.2) is 22.1 Å². The van der Waals surface area contributed by atoms with Crippen molar-refractivity contribution in [3.63, 3.8) is 0 Å². The quantitative estimate of drug-likeness (QED) is 0.722. The number of nitrogens with one attached hydrogen (secondary N) is 1. The summed E-state index contributed by atoms with van der Waals surface area (Å²) >= 11 is 1.14. The van der Waals surface area contributed by atoms with Gasteiger partial charge in [-0.1, -0.05) is 6.07 Å². The standard InChI is InChI=1S/C17H16FN3O3S/c1-4-24-17(23)12-13-14(25-8-19-13)16(22)21(3)15(12)20-11-6-5-9(2)7-10(11)18/h5-8,20H,4H2,1-3H3. The van der Waals surface area contributed by atoms with E-state index in [0.29, 0.717) is 4.70 Å². The predicted octanol–water partition coefficient (Wildman–Crippen LogP) is 3.36. The first-order valence-corrected chi connectivity index (χ1v) is 8.48. The smallest absolute Gasteiger partial charge is 0.344 e. The highest BCUT2D eigenvalue weighted by Gasteiger charge is 2.24. The molecule has 0 bridgehead atoms. The number of benzene rings is 1. The molecule has 1 N–H and O–H groups in total. The van der Waals surface area contributed by atoms with Gasteiger partial charge in [0.2, 0.25) is 0 Å². The minimum atomic E-state index is -0.621. The monoisotopic (exact) mass is 361 g/mol. The van der Waals surface area contributed by atoms with Crippen LogP contribution in [0.2, 0.25) is 0 Å². The molecule has 25 heavy (non-hydrogen) atoms. The van der Waals surface area contributed by atoms with E-state index in [1.807, 2.05) is 0 Å². The second-order valence-corrected chi connectivity index (χ2v) is 6.30. The fourth-order valence-corrected chi connectivity index (χ4v) is 3.27. The SMILES string of the molecule is CCOC(=O)c1c(Nc2ccc(C)cc2F)n(C)c(=O)c2scnc12. The highest BCUT2D eigenvalue weighted by molar-refractivity contribution is 7.16. The number of anilines is 2. The van der Waals surface area contributed by atoms with Gasteiger partial charge in [-0.05, 0) is 31.5 Å². The molecule has 2 aromatic heterocycles. The summed E-state index contributed by atoms with van der Waals surface area (Å²) in [6.07, 6.45) is 0. The first-order valence-electron chi connectivity index (χ1n) is 7.60. The number of aromatic nitrogens is 2. The third-order valence-electron chi connectivity index (χ3n) is 3.73. The molecule has 0 atom stereocenters. The molecule has 2 heterocycles. The lowest BCUT2D eigenvalue weighted by atomic mass is 10.2. The van der Waals surface area contributed by atoms with Crippen molar-refractivity contribution in [2.45, 2.75) is 13.8 Å². The Hall–Kier alpha value is -2.74. The minimum Gasteiger partial charge on any atom is -0.462 e. The zero-order chi connectivity index (χ0) is 18.1. The van der Waals surface area contributed by atoms with E-state index in [4.69, 9.17) is 4.74 Å². The Morgan fingerprint density at radius 2 is 2.20 bits per heavy atom. The fraction of sp³-hybridized carbons (Fsp3) is 0.235. The van der Waals surface area contributed by atoms with Gasteiger partial charge in [0.05, 0.1) is 17.8 Å². The van der Waals surface area contributed by atoms with Crippen LogP contribution in [0, 0.1) is 12.7 Å². The second kappa shape index (κ2) is 6.64. The van der Waals surface area contributed by atoms with E-state index in [1.165, 1.54) is 23.2 Å². The molecule has 6 nitrogen and oxygen atoms in total. The predicted molar refractivity (Wildman–Crippen MR) is 95.2 cm³/mol. The number of rotatable bonds is 4. The van der Waals surface area contributed by atoms with Crippen molar-refractivity contribution >= 4 is 39.0 Å². The maximum absolute atomic E-state index is 14.2. The van der Waals surface area contributed by atoms with E-state index in [9.17, 15) is 14.0 Å². The van der Waals surface area contributed by atoms with Crippen molar-refractivity contribution < 1.29 is 13.9 Å². The first kappa shape index (κ1) is 17.1. The normalized spacial score (nSPS) is 10.9. The maximum atomic E-state index is 14.2. The second-order valence-electron chi connectivity index (χ2n) is 5.45. The summed E-state index contributed by atoms with van der Waals surface area (Å²) in [5.74, 6) is -0.964. The van der Waals surface area contributed by atoms with Crippen molar-refractivity contribution in [2.24, 2.45) is 7.05 Å². The fourth-order valence-electron chi connectivity index (χ4n) is 2.50. The van der Waals surface area contributed by atoms with Crippen molar-refractivity contribution in [1.29, 1.82) is 0 Å². The van der Waals surface area contributed by atoms with Crippen LogP contribution in [0.5, 0.6) is 0 Å². The number of hydrogen-bond acceptors (Lipinski definition) is 6. The Kier molecular flexibility index (Phi) is 4.54. The number of ether oxygens (including phenoxy) is 1. The van der Waals surface area contributed by atoms with E-state index in [1.54, 1.807) is 26.0 Å². The van der Waals surface area contributed by atoms with Gasteiger partial charge < -0.3 is 10.1 Å². The Bertz CT molecular complexity index is 1030. The highest BCUT2D eigenvalue weighted by atomic mass is 32.1. The van der Waals surface area contributed by atoms with Crippen molar-refractivity contribution in [3.8, 4) is 0 Å². The summed E-state index contributed by atoms with van der Waals surface area (Å²) in [4.78, 5) is 29.1. The third kappa shape index (κ3) is 3.00. The van der Waals surface area contributed by atoms with Gasteiger partial charge in [-0.15, -0.1) is 11.3 Å².